The summed E-state index contributed by atoms with van der Waals surface area (Å²) in [6, 6.07) is 8.49. The van der Waals surface area contributed by atoms with Gasteiger partial charge in [-0.15, -0.1) is 0 Å². The molecule has 0 spiro atoms. The van der Waals surface area contributed by atoms with Crippen molar-refractivity contribution >= 4 is 5.78 Å². The lowest BCUT2D eigenvalue weighted by Gasteiger charge is -2.19. The lowest BCUT2D eigenvalue weighted by molar-refractivity contribution is 0.000632. The smallest absolute Gasteiger partial charge is 0.193 e. The predicted molar refractivity (Wildman–Crippen MR) is 57.6 cm³/mol. The predicted octanol–water partition coefficient (Wildman–Crippen LogP) is 1.25. The summed E-state index contributed by atoms with van der Waals surface area (Å²) < 4.78 is 0. The zero-order valence-electron chi connectivity index (χ0n) is 8.92. The van der Waals surface area contributed by atoms with Crippen LogP contribution in [0.15, 0.2) is 30.3 Å². The van der Waals surface area contributed by atoms with Crippen molar-refractivity contribution in [3.05, 3.63) is 35.9 Å². The second kappa shape index (κ2) is 5.05. The lowest BCUT2D eigenvalue weighted by Crippen LogP contribution is -2.37. The highest BCUT2D eigenvalue weighted by molar-refractivity contribution is 5.99. The van der Waals surface area contributed by atoms with Gasteiger partial charge in [-0.3, -0.25) is 4.79 Å². The summed E-state index contributed by atoms with van der Waals surface area (Å²) in [4.78, 5) is 11.7. The zero-order valence-corrected chi connectivity index (χ0v) is 8.92. The Kier molecular flexibility index (Phi) is 4.00. The topological polar surface area (TPSA) is 57.5 Å². The summed E-state index contributed by atoms with van der Waals surface area (Å²) in [7, 11) is 0. The van der Waals surface area contributed by atoms with Gasteiger partial charge in [-0.1, -0.05) is 44.2 Å². The van der Waals surface area contributed by atoms with Crippen LogP contribution in [0.3, 0.4) is 0 Å². The third-order valence-corrected chi connectivity index (χ3v) is 2.33. The first kappa shape index (κ1) is 11.9. The molecule has 3 nitrogen and oxygen atoms in total. The lowest BCUT2D eigenvalue weighted by atomic mass is 9.95. The minimum atomic E-state index is -1.34. The number of Topliss-reactive ketones (excluding diaryl/α,β-unsaturated/α-hetero) is 1. The molecular formula is C12H16O3. The Morgan fingerprint density at radius 3 is 2.13 bits per heavy atom. The van der Waals surface area contributed by atoms with Gasteiger partial charge in [0.25, 0.3) is 0 Å². The molecule has 15 heavy (non-hydrogen) atoms. The Labute approximate surface area is 89.4 Å². The van der Waals surface area contributed by atoms with Gasteiger partial charge in [0.05, 0.1) is 6.10 Å². The number of carbonyl (C=O) groups excluding carboxylic acids is 1. The highest BCUT2D eigenvalue weighted by Crippen LogP contribution is 2.11. The largest absolute Gasteiger partial charge is 0.390 e. The number of hydrogen-bond donors (Lipinski definition) is 2. The second-order valence-corrected chi connectivity index (χ2v) is 3.91. The van der Waals surface area contributed by atoms with Crippen molar-refractivity contribution in [2.45, 2.75) is 26.1 Å². The number of aliphatic hydroxyl groups excluding tert-OH is 2. The van der Waals surface area contributed by atoms with Crippen LogP contribution in [0.4, 0.5) is 0 Å². The van der Waals surface area contributed by atoms with Gasteiger partial charge in [0.1, 0.15) is 6.10 Å². The molecule has 2 atom stereocenters. The Hall–Kier alpha value is -1.19. The van der Waals surface area contributed by atoms with Crippen LogP contribution in [-0.4, -0.2) is 28.2 Å². The van der Waals surface area contributed by atoms with Crippen LogP contribution in [0.25, 0.3) is 0 Å². The van der Waals surface area contributed by atoms with Gasteiger partial charge >= 0.3 is 0 Å². The average molecular weight is 208 g/mol. The molecular weight excluding hydrogens is 192 g/mol. The van der Waals surface area contributed by atoms with E-state index in [4.69, 9.17) is 0 Å². The molecule has 0 fully saturated rings. The molecule has 0 aliphatic rings. The van der Waals surface area contributed by atoms with E-state index in [0.29, 0.717) is 5.56 Å². The second-order valence-electron chi connectivity index (χ2n) is 3.91. The van der Waals surface area contributed by atoms with E-state index in [2.05, 4.69) is 0 Å². The summed E-state index contributed by atoms with van der Waals surface area (Å²) in [6.07, 6.45) is -2.36. The number of hydrogen-bond acceptors (Lipinski definition) is 3. The molecule has 3 heteroatoms. The van der Waals surface area contributed by atoms with Crippen LogP contribution < -0.4 is 0 Å². The van der Waals surface area contributed by atoms with Gasteiger partial charge in [-0.25, -0.2) is 0 Å². The quantitative estimate of drug-likeness (QED) is 0.732. The third kappa shape index (κ3) is 2.88. The summed E-state index contributed by atoms with van der Waals surface area (Å²) in [5.41, 5.74) is 0.421. The van der Waals surface area contributed by atoms with Crippen molar-refractivity contribution in [1.29, 1.82) is 0 Å². The molecule has 0 bridgehead atoms. The number of rotatable bonds is 4. The van der Waals surface area contributed by atoms with Crippen LogP contribution >= 0.6 is 0 Å². The monoisotopic (exact) mass is 208 g/mol. The van der Waals surface area contributed by atoms with Gasteiger partial charge < -0.3 is 10.2 Å². The Bertz CT molecular complexity index is 319. The first-order valence-corrected chi connectivity index (χ1v) is 4.99. The normalized spacial score (nSPS) is 15.0. The minimum absolute atomic E-state index is 0.146. The van der Waals surface area contributed by atoms with Crippen LogP contribution in [0.5, 0.6) is 0 Å². The maximum atomic E-state index is 11.7. The molecule has 0 saturated carbocycles. The molecule has 0 aliphatic heterocycles. The van der Waals surface area contributed by atoms with Gasteiger partial charge in [0, 0.05) is 5.56 Å². The van der Waals surface area contributed by atoms with Crippen LogP contribution in [0.1, 0.15) is 24.2 Å². The fraction of sp³-hybridized carbons (Fsp3) is 0.417. The fourth-order valence-corrected chi connectivity index (χ4v) is 1.29. The zero-order chi connectivity index (χ0) is 11.4. The summed E-state index contributed by atoms with van der Waals surface area (Å²) in [5.74, 6) is -0.579. The van der Waals surface area contributed by atoms with E-state index in [-0.39, 0.29) is 5.92 Å². The molecule has 0 radical (unpaired) electrons. The first-order chi connectivity index (χ1) is 7.04. The van der Waals surface area contributed by atoms with E-state index < -0.39 is 18.0 Å². The van der Waals surface area contributed by atoms with Crippen LogP contribution in [0.2, 0.25) is 0 Å². The molecule has 1 rings (SSSR count). The molecule has 2 N–H and O–H groups in total. The molecule has 0 aliphatic carbocycles. The molecule has 1 aromatic rings. The number of benzene rings is 1. The van der Waals surface area contributed by atoms with E-state index in [9.17, 15) is 15.0 Å². The summed E-state index contributed by atoms with van der Waals surface area (Å²) in [6.45, 7) is 3.51. The summed E-state index contributed by atoms with van der Waals surface area (Å²) in [5, 5.41) is 19.2. The van der Waals surface area contributed by atoms with E-state index in [1.54, 1.807) is 44.2 Å². The summed E-state index contributed by atoms with van der Waals surface area (Å²) >= 11 is 0. The molecule has 82 valence electrons. The minimum Gasteiger partial charge on any atom is -0.390 e. The molecule has 0 amide bonds. The maximum absolute atomic E-state index is 11.7. The van der Waals surface area contributed by atoms with E-state index >= 15 is 0 Å². The fourth-order valence-electron chi connectivity index (χ4n) is 1.29. The van der Waals surface area contributed by atoms with Crippen molar-refractivity contribution in [2.75, 3.05) is 0 Å². The first-order valence-electron chi connectivity index (χ1n) is 4.99. The highest BCUT2D eigenvalue weighted by atomic mass is 16.3. The third-order valence-electron chi connectivity index (χ3n) is 2.33. The van der Waals surface area contributed by atoms with Crippen LogP contribution in [-0.2, 0) is 0 Å². The molecule has 0 aromatic heterocycles. The maximum Gasteiger partial charge on any atom is 0.193 e. The van der Waals surface area contributed by atoms with Crippen LogP contribution in [0, 0.1) is 5.92 Å². The van der Waals surface area contributed by atoms with Gasteiger partial charge in [0.15, 0.2) is 5.78 Å². The molecule has 1 aromatic carbocycles. The Morgan fingerprint density at radius 2 is 1.67 bits per heavy atom. The van der Waals surface area contributed by atoms with Crippen molar-refractivity contribution in [1.82, 2.24) is 0 Å². The van der Waals surface area contributed by atoms with Crippen molar-refractivity contribution in [2.24, 2.45) is 5.92 Å². The SMILES string of the molecule is CC(C)[C@@H](O)[C@H](O)C(=O)c1ccccc1. The van der Waals surface area contributed by atoms with E-state index in [1.807, 2.05) is 0 Å². The van der Waals surface area contributed by atoms with Gasteiger partial charge in [-0.05, 0) is 5.92 Å². The molecule has 0 unspecified atom stereocenters. The van der Waals surface area contributed by atoms with Gasteiger partial charge in [-0.2, -0.15) is 0 Å². The Morgan fingerprint density at radius 1 is 1.13 bits per heavy atom. The molecule has 0 heterocycles. The van der Waals surface area contributed by atoms with Crippen molar-refractivity contribution < 1.29 is 15.0 Å². The number of aliphatic hydroxyl groups is 2. The van der Waals surface area contributed by atoms with E-state index in [0.717, 1.165) is 0 Å². The highest BCUT2D eigenvalue weighted by Gasteiger charge is 2.27. The van der Waals surface area contributed by atoms with Crippen molar-refractivity contribution in [3.63, 3.8) is 0 Å². The average Bonchev–Trinajstić information content (AvgIpc) is 2.27. The van der Waals surface area contributed by atoms with E-state index in [1.165, 1.54) is 0 Å². The molecule has 0 saturated heterocycles. The Balaban J connectivity index is 2.78. The number of ketones is 1. The van der Waals surface area contributed by atoms with Gasteiger partial charge in [0.2, 0.25) is 0 Å². The van der Waals surface area contributed by atoms with Crippen molar-refractivity contribution in [3.8, 4) is 0 Å². The number of carbonyl (C=O) groups is 1. The standard InChI is InChI=1S/C12H16O3/c1-8(2)10(13)12(15)11(14)9-6-4-3-5-7-9/h3-8,10,12-13,15H,1-2H3/t10-,12+/m1/s1.